The van der Waals surface area contributed by atoms with E-state index in [1.165, 1.54) is 33.4 Å². The summed E-state index contributed by atoms with van der Waals surface area (Å²) in [6.07, 6.45) is 0. The lowest BCUT2D eigenvalue weighted by atomic mass is 9.74. The first-order valence-electron chi connectivity index (χ1n) is 18.2. The second-order valence-corrected chi connectivity index (χ2v) is 14.2. The second kappa shape index (κ2) is 11.3. The van der Waals surface area contributed by atoms with Gasteiger partial charge >= 0.3 is 0 Å². The number of benzene rings is 8. The van der Waals surface area contributed by atoms with E-state index in [1.54, 1.807) is 0 Å². The number of hydrogen-bond acceptors (Lipinski definition) is 3. The van der Waals surface area contributed by atoms with E-state index < -0.39 is 5.41 Å². The standard InChI is InChI=1S/C50H33NO2/c1-50(40-21-8-5-16-35(40)36-17-6-9-22-41(36)50)42-23-11-20-39-47-43(24-13-27-46(47)53-48(39)42)51(34-30-28-33(29-31-34)32-14-3-2-4-15-32)44-25-12-19-38-37-18-7-10-26-45(37)52-49(38)44/h2-31H,1H3. The van der Waals surface area contributed by atoms with Crippen molar-refractivity contribution in [3.8, 4) is 22.3 Å². The zero-order valence-electron chi connectivity index (χ0n) is 29.1. The highest BCUT2D eigenvalue weighted by molar-refractivity contribution is 6.16. The van der Waals surface area contributed by atoms with Gasteiger partial charge in [0.2, 0.25) is 0 Å². The largest absolute Gasteiger partial charge is 0.456 e. The lowest BCUT2D eigenvalue weighted by Crippen LogP contribution is -2.22. The van der Waals surface area contributed by atoms with Crippen LogP contribution in [0, 0.1) is 0 Å². The number of nitrogens with zero attached hydrogens (tertiary/aromatic N) is 1. The fourth-order valence-corrected chi connectivity index (χ4v) is 8.90. The molecule has 0 radical (unpaired) electrons. The van der Waals surface area contributed by atoms with Crippen molar-refractivity contribution in [2.24, 2.45) is 0 Å². The molecule has 10 aromatic rings. The minimum Gasteiger partial charge on any atom is -0.456 e. The van der Waals surface area contributed by atoms with Gasteiger partial charge in [-0.25, -0.2) is 0 Å². The molecule has 0 fully saturated rings. The maximum absolute atomic E-state index is 7.02. The SMILES string of the molecule is CC1(c2cccc3c2oc2cccc(N(c4ccc(-c5ccccc5)cc4)c4cccc5c4oc4ccccc45)c23)c2ccccc2-c2ccccc21. The Morgan fingerprint density at radius 3 is 1.74 bits per heavy atom. The Labute approximate surface area is 307 Å². The molecule has 2 heterocycles. The molecule has 0 saturated heterocycles. The van der Waals surface area contributed by atoms with Crippen LogP contribution in [0.25, 0.3) is 66.1 Å². The average molecular weight is 680 g/mol. The van der Waals surface area contributed by atoms with Gasteiger partial charge in [-0.1, -0.05) is 146 Å². The Balaban J connectivity index is 1.18. The highest BCUT2D eigenvalue weighted by Gasteiger charge is 2.42. The van der Waals surface area contributed by atoms with Crippen molar-refractivity contribution in [2.45, 2.75) is 12.3 Å². The lowest BCUT2D eigenvalue weighted by molar-refractivity contribution is 0.638. The fourth-order valence-electron chi connectivity index (χ4n) is 8.90. The summed E-state index contributed by atoms with van der Waals surface area (Å²) >= 11 is 0. The highest BCUT2D eigenvalue weighted by Crippen LogP contribution is 2.55. The molecule has 0 N–H and O–H groups in total. The number of fused-ring (bicyclic) bond motifs is 9. The number of hydrogen-bond donors (Lipinski definition) is 0. The van der Waals surface area contributed by atoms with Crippen LogP contribution in [-0.4, -0.2) is 0 Å². The average Bonchev–Trinajstić information content (AvgIpc) is 3.88. The second-order valence-electron chi connectivity index (χ2n) is 14.2. The van der Waals surface area contributed by atoms with Crippen LogP contribution in [0.15, 0.2) is 191 Å². The summed E-state index contributed by atoms with van der Waals surface area (Å²) < 4.78 is 13.7. The molecule has 1 aliphatic rings. The van der Waals surface area contributed by atoms with Gasteiger partial charge in [0.05, 0.1) is 16.8 Å². The third-order valence-corrected chi connectivity index (χ3v) is 11.4. The van der Waals surface area contributed by atoms with Gasteiger partial charge in [-0.15, -0.1) is 0 Å². The zero-order valence-corrected chi connectivity index (χ0v) is 29.1. The Bertz CT molecular complexity index is 2980. The maximum Gasteiger partial charge on any atom is 0.159 e. The zero-order chi connectivity index (χ0) is 35.1. The molecule has 0 atom stereocenters. The fraction of sp³-hybridized carbons (Fsp3) is 0.0400. The molecule has 3 nitrogen and oxygen atoms in total. The van der Waals surface area contributed by atoms with Crippen molar-refractivity contribution in [3.05, 3.63) is 199 Å². The third-order valence-electron chi connectivity index (χ3n) is 11.4. The van der Waals surface area contributed by atoms with Gasteiger partial charge in [0, 0.05) is 32.8 Å². The maximum atomic E-state index is 7.02. The molecular weight excluding hydrogens is 647 g/mol. The molecule has 2 aromatic heterocycles. The molecule has 0 spiro atoms. The molecule has 0 amide bonds. The molecule has 11 rings (SSSR count). The minimum absolute atomic E-state index is 0.395. The lowest BCUT2D eigenvalue weighted by Gasteiger charge is -2.28. The summed E-state index contributed by atoms with van der Waals surface area (Å²) in [5.74, 6) is 0. The first kappa shape index (κ1) is 29.8. The predicted octanol–water partition coefficient (Wildman–Crippen LogP) is 14.0. The molecule has 0 saturated carbocycles. The van der Waals surface area contributed by atoms with E-state index in [9.17, 15) is 0 Å². The van der Waals surface area contributed by atoms with Gasteiger partial charge in [-0.05, 0) is 76.7 Å². The smallest absolute Gasteiger partial charge is 0.159 e. The molecule has 0 unspecified atom stereocenters. The first-order chi connectivity index (χ1) is 26.2. The summed E-state index contributed by atoms with van der Waals surface area (Å²) in [5, 5.41) is 4.33. The van der Waals surface area contributed by atoms with Crippen molar-refractivity contribution in [3.63, 3.8) is 0 Å². The van der Waals surface area contributed by atoms with Crippen LogP contribution in [0.5, 0.6) is 0 Å². The van der Waals surface area contributed by atoms with Gasteiger partial charge in [-0.2, -0.15) is 0 Å². The van der Waals surface area contributed by atoms with Gasteiger partial charge in [0.1, 0.15) is 16.7 Å². The molecule has 53 heavy (non-hydrogen) atoms. The Hall–Kier alpha value is -6.84. The van der Waals surface area contributed by atoms with Crippen molar-refractivity contribution in [1.82, 2.24) is 0 Å². The highest BCUT2D eigenvalue weighted by atomic mass is 16.3. The van der Waals surface area contributed by atoms with Crippen LogP contribution in [0.4, 0.5) is 17.1 Å². The van der Waals surface area contributed by atoms with Gasteiger partial charge < -0.3 is 13.7 Å². The van der Waals surface area contributed by atoms with Crippen LogP contribution < -0.4 is 4.90 Å². The normalized spacial score (nSPS) is 13.2. The summed E-state index contributed by atoms with van der Waals surface area (Å²) in [6.45, 7) is 2.35. The van der Waals surface area contributed by atoms with Crippen LogP contribution in [-0.2, 0) is 5.41 Å². The van der Waals surface area contributed by atoms with E-state index in [-0.39, 0.29) is 0 Å². The number of anilines is 3. The molecule has 0 aliphatic heterocycles. The molecule has 1 aliphatic carbocycles. The topological polar surface area (TPSA) is 29.5 Å². The summed E-state index contributed by atoms with van der Waals surface area (Å²) in [6, 6.07) is 64.8. The van der Waals surface area contributed by atoms with Crippen molar-refractivity contribution in [1.29, 1.82) is 0 Å². The number of rotatable bonds is 5. The number of para-hydroxylation sites is 3. The van der Waals surface area contributed by atoms with Crippen LogP contribution in [0.1, 0.15) is 23.6 Å². The van der Waals surface area contributed by atoms with Crippen molar-refractivity contribution in [2.75, 3.05) is 4.90 Å². The van der Waals surface area contributed by atoms with Crippen LogP contribution >= 0.6 is 0 Å². The third kappa shape index (κ3) is 4.28. The van der Waals surface area contributed by atoms with E-state index in [1.807, 2.05) is 12.1 Å². The van der Waals surface area contributed by atoms with E-state index in [2.05, 4.69) is 182 Å². The molecule has 8 aromatic carbocycles. The predicted molar refractivity (Wildman–Crippen MR) is 219 cm³/mol. The van der Waals surface area contributed by atoms with E-state index in [0.29, 0.717) is 0 Å². The molecule has 3 heteroatoms. The van der Waals surface area contributed by atoms with Gasteiger partial charge in [0.25, 0.3) is 0 Å². The molecule has 250 valence electrons. The van der Waals surface area contributed by atoms with E-state index >= 15 is 0 Å². The Morgan fingerprint density at radius 1 is 0.396 bits per heavy atom. The van der Waals surface area contributed by atoms with Crippen molar-refractivity contribution >= 4 is 60.9 Å². The first-order valence-corrected chi connectivity index (χ1v) is 18.2. The monoisotopic (exact) mass is 679 g/mol. The summed E-state index contributed by atoms with van der Waals surface area (Å²) in [5.41, 5.74) is 14.8. The Morgan fingerprint density at radius 2 is 0.943 bits per heavy atom. The quantitative estimate of drug-likeness (QED) is 0.181. The van der Waals surface area contributed by atoms with Crippen LogP contribution in [0.2, 0.25) is 0 Å². The number of furan rings is 2. The van der Waals surface area contributed by atoms with Gasteiger partial charge in [0.15, 0.2) is 5.58 Å². The summed E-state index contributed by atoms with van der Waals surface area (Å²) in [7, 11) is 0. The van der Waals surface area contributed by atoms with E-state index in [4.69, 9.17) is 8.83 Å². The Kier molecular flexibility index (Phi) is 6.38. The molecule has 0 bridgehead atoms. The van der Waals surface area contributed by atoms with Crippen LogP contribution in [0.3, 0.4) is 0 Å². The van der Waals surface area contributed by atoms with Gasteiger partial charge in [-0.3, -0.25) is 0 Å². The van der Waals surface area contributed by atoms with E-state index in [0.717, 1.165) is 66.5 Å². The summed E-state index contributed by atoms with van der Waals surface area (Å²) in [4.78, 5) is 2.34. The molecular formula is C50H33NO2. The van der Waals surface area contributed by atoms with Crippen molar-refractivity contribution < 1.29 is 8.83 Å². The minimum atomic E-state index is -0.395.